The molecule has 3 aliphatic heterocycles. The van der Waals surface area contributed by atoms with Crippen LogP contribution < -0.4 is 15.4 Å². The SMILES string of the molecule is CN1C(=O)c2cc(NC(=O)C3CCOCC3)ccc2OC[C@@H]2O[C@@H](CC(=O)NCCc3ccncc3)CC[C@@H]21. The number of nitrogens with zero attached hydrogens (tertiary/aromatic N) is 2. The summed E-state index contributed by atoms with van der Waals surface area (Å²) in [5.74, 6) is 0.0714. The van der Waals surface area contributed by atoms with E-state index in [1.54, 1.807) is 42.5 Å². The van der Waals surface area contributed by atoms with Gasteiger partial charge >= 0.3 is 0 Å². The van der Waals surface area contributed by atoms with Crippen molar-refractivity contribution in [2.75, 3.05) is 38.7 Å². The molecular weight excluding hydrogens is 500 g/mol. The average Bonchev–Trinajstić information content (AvgIpc) is 2.96. The second kappa shape index (κ2) is 12.6. The third-order valence-corrected chi connectivity index (χ3v) is 7.77. The number of carbonyl (C=O) groups excluding carboxylic acids is 3. The number of pyridine rings is 1. The highest BCUT2D eigenvalue weighted by Gasteiger charge is 2.39. The van der Waals surface area contributed by atoms with Gasteiger partial charge in [-0.1, -0.05) is 0 Å². The first-order chi connectivity index (χ1) is 19.0. The first-order valence-corrected chi connectivity index (χ1v) is 13.7. The fourth-order valence-electron chi connectivity index (χ4n) is 5.48. The fraction of sp³-hybridized carbons (Fsp3) is 0.517. The molecule has 208 valence electrons. The van der Waals surface area contributed by atoms with Crippen LogP contribution in [0, 0.1) is 5.92 Å². The molecule has 10 nitrogen and oxygen atoms in total. The van der Waals surface area contributed by atoms with Crippen molar-refractivity contribution in [2.45, 2.75) is 56.8 Å². The molecule has 5 rings (SSSR count). The Morgan fingerprint density at radius 2 is 1.87 bits per heavy atom. The van der Waals surface area contributed by atoms with Crippen molar-refractivity contribution >= 4 is 23.4 Å². The summed E-state index contributed by atoms with van der Waals surface area (Å²) in [6, 6.07) is 8.86. The quantitative estimate of drug-likeness (QED) is 0.558. The Balaban J connectivity index is 1.17. The maximum atomic E-state index is 13.5. The van der Waals surface area contributed by atoms with Gasteiger partial charge in [0, 0.05) is 50.8 Å². The van der Waals surface area contributed by atoms with Crippen molar-refractivity contribution in [1.82, 2.24) is 15.2 Å². The minimum atomic E-state index is -0.344. The van der Waals surface area contributed by atoms with Crippen molar-refractivity contribution in [3.05, 3.63) is 53.9 Å². The van der Waals surface area contributed by atoms with Crippen molar-refractivity contribution < 1.29 is 28.6 Å². The van der Waals surface area contributed by atoms with Gasteiger partial charge in [0.1, 0.15) is 18.5 Å². The number of hydrogen-bond donors (Lipinski definition) is 2. The number of benzene rings is 1. The molecule has 39 heavy (non-hydrogen) atoms. The summed E-state index contributed by atoms with van der Waals surface area (Å²) >= 11 is 0. The number of ether oxygens (including phenoxy) is 3. The second-order valence-electron chi connectivity index (χ2n) is 10.4. The Kier molecular flexibility index (Phi) is 8.73. The number of anilines is 1. The van der Waals surface area contributed by atoms with Crippen LogP contribution in [0.25, 0.3) is 0 Å². The maximum Gasteiger partial charge on any atom is 0.257 e. The van der Waals surface area contributed by atoms with E-state index in [9.17, 15) is 14.4 Å². The highest BCUT2D eigenvalue weighted by atomic mass is 16.5. The molecule has 0 saturated carbocycles. The molecule has 2 aromatic rings. The van der Waals surface area contributed by atoms with Crippen LogP contribution in [0.5, 0.6) is 5.75 Å². The van der Waals surface area contributed by atoms with Crippen LogP contribution >= 0.6 is 0 Å². The number of rotatable bonds is 7. The van der Waals surface area contributed by atoms with E-state index in [1.165, 1.54) is 0 Å². The molecule has 2 saturated heterocycles. The van der Waals surface area contributed by atoms with Gasteiger partial charge in [-0.2, -0.15) is 0 Å². The largest absolute Gasteiger partial charge is 0.490 e. The van der Waals surface area contributed by atoms with Crippen LogP contribution in [-0.2, 0) is 25.5 Å². The molecule has 10 heteroatoms. The van der Waals surface area contributed by atoms with E-state index in [1.807, 2.05) is 12.1 Å². The van der Waals surface area contributed by atoms with Crippen LogP contribution in [0.15, 0.2) is 42.7 Å². The minimum absolute atomic E-state index is 0.0515. The summed E-state index contributed by atoms with van der Waals surface area (Å²) in [5, 5.41) is 5.92. The van der Waals surface area contributed by atoms with Crippen molar-refractivity contribution in [3.63, 3.8) is 0 Å². The Bertz CT molecular complexity index is 1170. The first kappa shape index (κ1) is 27.1. The number of nitrogens with one attached hydrogen (secondary N) is 2. The summed E-state index contributed by atoms with van der Waals surface area (Å²) in [6.07, 6.45) is 6.68. The summed E-state index contributed by atoms with van der Waals surface area (Å²) in [6.45, 7) is 1.99. The number of hydrogen-bond acceptors (Lipinski definition) is 7. The molecule has 2 fully saturated rings. The lowest BCUT2D eigenvalue weighted by Crippen LogP contribution is -2.54. The zero-order chi connectivity index (χ0) is 27.2. The van der Waals surface area contributed by atoms with Gasteiger partial charge in [0.15, 0.2) is 0 Å². The van der Waals surface area contributed by atoms with Gasteiger partial charge in [-0.3, -0.25) is 19.4 Å². The Labute approximate surface area is 228 Å². The summed E-state index contributed by atoms with van der Waals surface area (Å²) < 4.78 is 17.7. The summed E-state index contributed by atoms with van der Waals surface area (Å²) in [5.41, 5.74) is 2.11. The van der Waals surface area contributed by atoms with E-state index in [0.717, 1.165) is 12.0 Å². The third-order valence-electron chi connectivity index (χ3n) is 7.77. The molecule has 1 aromatic carbocycles. The lowest BCUT2D eigenvalue weighted by atomic mass is 9.94. The molecule has 0 radical (unpaired) electrons. The van der Waals surface area contributed by atoms with Crippen molar-refractivity contribution in [1.29, 1.82) is 0 Å². The minimum Gasteiger partial charge on any atom is -0.490 e. The van der Waals surface area contributed by atoms with Gasteiger partial charge < -0.3 is 29.7 Å². The zero-order valence-electron chi connectivity index (χ0n) is 22.3. The highest BCUT2D eigenvalue weighted by Crippen LogP contribution is 2.32. The van der Waals surface area contributed by atoms with Gasteiger partial charge in [-0.05, 0) is 68.0 Å². The second-order valence-corrected chi connectivity index (χ2v) is 10.4. The van der Waals surface area contributed by atoms with Crippen LogP contribution in [0.3, 0.4) is 0 Å². The summed E-state index contributed by atoms with van der Waals surface area (Å²) in [7, 11) is 1.78. The molecule has 1 aromatic heterocycles. The predicted octanol–water partition coefficient (Wildman–Crippen LogP) is 2.58. The fourth-order valence-corrected chi connectivity index (χ4v) is 5.48. The number of likely N-dealkylation sites (N-methyl/N-ethyl adjacent to an activating group) is 1. The van der Waals surface area contributed by atoms with Crippen LogP contribution in [0.1, 0.15) is 48.0 Å². The Hall–Kier alpha value is -3.50. The zero-order valence-corrected chi connectivity index (χ0v) is 22.3. The van der Waals surface area contributed by atoms with Crippen LogP contribution in [0.2, 0.25) is 0 Å². The molecule has 0 spiro atoms. The number of amides is 3. The van der Waals surface area contributed by atoms with Gasteiger partial charge in [0.25, 0.3) is 5.91 Å². The van der Waals surface area contributed by atoms with Crippen LogP contribution in [-0.4, -0.2) is 79.3 Å². The van der Waals surface area contributed by atoms with Crippen molar-refractivity contribution in [3.8, 4) is 5.75 Å². The molecule has 3 aliphatic rings. The number of fused-ring (bicyclic) bond motifs is 2. The molecular formula is C29H36N4O6. The van der Waals surface area contributed by atoms with E-state index in [2.05, 4.69) is 15.6 Å². The highest BCUT2D eigenvalue weighted by molar-refractivity contribution is 6.00. The maximum absolute atomic E-state index is 13.5. The van der Waals surface area contributed by atoms with Crippen LogP contribution in [0.4, 0.5) is 5.69 Å². The van der Waals surface area contributed by atoms with Crippen molar-refractivity contribution in [2.24, 2.45) is 5.92 Å². The van der Waals surface area contributed by atoms with Gasteiger partial charge in [-0.25, -0.2) is 0 Å². The predicted molar refractivity (Wildman–Crippen MR) is 143 cm³/mol. The summed E-state index contributed by atoms with van der Waals surface area (Å²) in [4.78, 5) is 44.4. The van der Waals surface area contributed by atoms with E-state index in [0.29, 0.717) is 62.4 Å². The molecule has 2 N–H and O–H groups in total. The van der Waals surface area contributed by atoms with Gasteiger partial charge in [0.05, 0.1) is 24.1 Å². The Morgan fingerprint density at radius 1 is 1.08 bits per heavy atom. The van der Waals surface area contributed by atoms with E-state index in [4.69, 9.17) is 14.2 Å². The molecule has 4 heterocycles. The average molecular weight is 537 g/mol. The molecule has 3 atom stereocenters. The first-order valence-electron chi connectivity index (χ1n) is 13.7. The van der Waals surface area contributed by atoms with Gasteiger partial charge in [0.2, 0.25) is 11.8 Å². The molecule has 0 bridgehead atoms. The number of carbonyl (C=O) groups is 3. The molecule has 0 aliphatic carbocycles. The van der Waals surface area contributed by atoms with E-state index in [-0.39, 0.29) is 54.9 Å². The van der Waals surface area contributed by atoms with Gasteiger partial charge in [-0.15, -0.1) is 0 Å². The smallest absolute Gasteiger partial charge is 0.257 e. The Morgan fingerprint density at radius 3 is 2.67 bits per heavy atom. The van der Waals surface area contributed by atoms with E-state index >= 15 is 0 Å². The lowest BCUT2D eigenvalue weighted by molar-refractivity contribution is -0.134. The molecule has 3 amide bonds. The lowest BCUT2D eigenvalue weighted by Gasteiger charge is -2.42. The van der Waals surface area contributed by atoms with E-state index < -0.39 is 0 Å². The topological polar surface area (TPSA) is 119 Å². The molecule has 0 unspecified atom stereocenters. The monoisotopic (exact) mass is 536 g/mol. The number of aromatic nitrogens is 1. The standard InChI is InChI=1S/C29H36N4O6/c1-33-24-4-3-22(17-27(34)31-13-8-19-6-11-30-12-7-19)39-26(24)18-38-25-5-2-21(16-23(25)29(33)36)32-28(35)20-9-14-37-15-10-20/h2,5-7,11-12,16,20,22,24,26H,3-4,8-10,13-15,17-18H2,1H3,(H,31,34)(H,32,35)/t22-,24+,26+/m1/s1. The normalized spacial score (nSPS) is 23.5. The third kappa shape index (κ3) is 6.75.